The second-order valence-corrected chi connectivity index (χ2v) is 11.8. The molecule has 13 heteroatoms. The van der Waals surface area contributed by atoms with E-state index in [0.29, 0.717) is 31.9 Å². The summed E-state index contributed by atoms with van der Waals surface area (Å²) in [6.07, 6.45) is -3.13. The summed E-state index contributed by atoms with van der Waals surface area (Å²) in [6.45, 7) is 12.6. The summed E-state index contributed by atoms with van der Waals surface area (Å²) < 4.78 is 41.3. The van der Waals surface area contributed by atoms with E-state index in [9.17, 15) is 28.0 Å². The second-order valence-electron chi connectivity index (χ2n) is 11.8. The van der Waals surface area contributed by atoms with Gasteiger partial charge in [0, 0.05) is 65.1 Å². The van der Waals surface area contributed by atoms with E-state index in [2.05, 4.69) is 32.0 Å². The van der Waals surface area contributed by atoms with E-state index in [1.165, 1.54) is 17.9 Å². The zero-order valence-corrected chi connectivity index (χ0v) is 25.2. The molecule has 3 aliphatic rings. The third-order valence-electron chi connectivity index (χ3n) is 8.70. The van der Waals surface area contributed by atoms with Gasteiger partial charge in [-0.1, -0.05) is 18.7 Å². The maximum absolute atomic E-state index is 13.8. The number of aryl methyl sites for hydroxylation is 2. The van der Waals surface area contributed by atoms with Gasteiger partial charge in [0.05, 0.1) is 22.5 Å². The quantitative estimate of drug-likeness (QED) is 0.481. The Hall–Kier alpha value is -4.15. The van der Waals surface area contributed by atoms with Gasteiger partial charge < -0.3 is 25.3 Å². The highest BCUT2D eigenvalue weighted by Gasteiger charge is 2.47. The van der Waals surface area contributed by atoms with Crippen LogP contribution < -0.4 is 20.4 Å². The Morgan fingerprint density at radius 3 is 2.68 bits per heavy atom. The number of nitrogens with zero attached hydrogens (tertiary/aromatic N) is 6. The van der Waals surface area contributed by atoms with Crippen LogP contribution in [0.2, 0.25) is 0 Å². The Morgan fingerprint density at radius 1 is 1.25 bits per heavy atom. The lowest BCUT2D eigenvalue weighted by atomic mass is 9.87. The first-order chi connectivity index (χ1) is 20.9. The van der Waals surface area contributed by atoms with Crippen LogP contribution in [-0.2, 0) is 15.8 Å². The van der Waals surface area contributed by atoms with E-state index >= 15 is 0 Å². The molecular weight excluding hydrogens is 573 g/mol. The Labute approximate surface area is 255 Å². The van der Waals surface area contributed by atoms with Crippen LogP contribution in [0.4, 0.5) is 30.4 Å². The maximum Gasteiger partial charge on any atom is 0.417 e. The number of pyridine rings is 1. The minimum absolute atomic E-state index is 0.0681. The van der Waals surface area contributed by atoms with Crippen LogP contribution in [0, 0.1) is 25.2 Å². The number of aromatic nitrogens is 1. The molecule has 234 valence electrons. The number of hydrogen-bond donors (Lipinski definition) is 2. The minimum atomic E-state index is -4.74. The topological polar surface area (TPSA) is 108 Å². The predicted molar refractivity (Wildman–Crippen MR) is 161 cm³/mol. The lowest BCUT2D eigenvalue weighted by Gasteiger charge is -2.55. The molecule has 2 fully saturated rings. The van der Waals surface area contributed by atoms with Crippen LogP contribution in [0.25, 0.3) is 0 Å². The fourth-order valence-electron chi connectivity index (χ4n) is 6.51. The average molecular weight is 611 g/mol. The summed E-state index contributed by atoms with van der Waals surface area (Å²) >= 11 is 0. The highest BCUT2D eigenvalue weighted by Crippen LogP contribution is 2.37. The molecule has 1 spiro atoms. The summed E-state index contributed by atoms with van der Waals surface area (Å²) in [5.41, 5.74) is 0.868. The van der Waals surface area contributed by atoms with Crippen LogP contribution in [0.1, 0.15) is 28.8 Å². The molecule has 0 radical (unpaired) electrons. The molecule has 1 atom stereocenters. The van der Waals surface area contributed by atoms with Crippen molar-refractivity contribution >= 4 is 29.0 Å². The Morgan fingerprint density at radius 2 is 2.00 bits per heavy atom. The van der Waals surface area contributed by atoms with E-state index in [1.54, 1.807) is 18.0 Å². The standard InChI is InChI=1S/C31H37F3N8O2/c1-5-26(43)42-18-30(19-42)17-40(12-10-36-30)13-14-41-11-9-24(29(44)39(4)25-8-6-7-20(2)27(25)41)38-28-22(16-35)23(31(32,33)34)15-21(3)37-28/h5-8,15,24,36H,1,9-14,17-19H2,2-4H3,(H,37,38)/t24-/m0/s1. The molecule has 0 bridgehead atoms. The SMILES string of the molecule is C=CC(=O)N1CC2(CN(CCN3CC[C@H](Nc4nc(C)cc(C(F)(F)F)c4C#N)C(=O)N(C)c4cccc(C)c43)CCN2)C1. The third kappa shape index (κ3) is 6.09. The fraction of sp³-hybridized carbons (Fsp3) is 0.484. The summed E-state index contributed by atoms with van der Waals surface area (Å²) in [7, 11) is 1.65. The number of nitrogens with one attached hydrogen (secondary N) is 2. The van der Waals surface area contributed by atoms with Crippen molar-refractivity contribution in [2.24, 2.45) is 0 Å². The van der Waals surface area contributed by atoms with Gasteiger partial charge in [0.25, 0.3) is 0 Å². The van der Waals surface area contributed by atoms with Crippen molar-refractivity contribution in [1.29, 1.82) is 5.26 Å². The number of para-hydroxylation sites is 1. The molecule has 0 unspecified atom stereocenters. The average Bonchev–Trinajstić information content (AvgIpc) is 2.97. The van der Waals surface area contributed by atoms with Gasteiger partial charge in [-0.2, -0.15) is 18.4 Å². The highest BCUT2D eigenvalue weighted by molar-refractivity contribution is 6.02. The van der Waals surface area contributed by atoms with Gasteiger partial charge >= 0.3 is 6.18 Å². The van der Waals surface area contributed by atoms with Crippen LogP contribution in [0.5, 0.6) is 0 Å². The third-order valence-corrected chi connectivity index (χ3v) is 8.70. The number of carbonyl (C=O) groups excluding carboxylic acids is 2. The molecule has 1 aromatic carbocycles. The van der Waals surface area contributed by atoms with Gasteiger partial charge in [-0.05, 0) is 44.0 Å². The van der Waals surface area contributed by atoms with Gasteiger partial charge in [0.15, 0.2) is 0 Å². The van der Waals surface area contributed by atoms with Crippen LogP contribution in [0.15, 0.2) is 36.9 Å². The molecule has 2 amide bonds. The lowest BCUT2D eigenvalue weighted by molar-refractivity contribution is -0.138. The number of rotatable bonds is 6. The van der Waals surface area contributed by atoms with Gasteiger partial charge in [0.1, 0.15) is 23.5 Å². The maximum atomic E-state index is 13.8. The van der Waals surface area contributed by atoms with Crippen LogP contribution in [0.3, 0.4) is 0 Å². The van der Waals surface area contributed by atoms with Crippen LogP contribution >= 0.6 is 0 Å². The van der Waals surface area contributed by atoms with Crippen molar-refractivity contribution in [3.63, 3.8) is 0 Å². The Balaban J connectivity index is 1.37. The van der Waals surface area contributed by atoms with E-state index in [0.717, 1.165) is 43.5 Å². The van der Waals surface area contributed by atoms with Crippen molar-refractivity contribution in [3.8, 4) is 6.07 Å². The summed E-state index contributed by atoms with van der Waals surface area (Å²) in [5.74, 6) is -0.648. The lowest BCUT2D eigenvalue weighted by Crippen LogP contribution is -2.76. The normalized spacial score (nSPS) is 20.3. The number of likely N-dealkylation sites (N-methyl/N-ethyl adjacent to an activating group) is 1. The second kappa shape index (κ2) is 12.1. The number of fused-ring (bicyclic) bond motifs is 1. The van der Waals surface area contributed by atoms with E-state index in [1.807, 2.05) is 25.1 Å². The van der Waals surface area contributed by atoms with Crippen molar-refractivity contribution in [2.75, 3.05) is 74.5 Å². The number of amides is 2. The monoisotopic (exact) mass is 610 g/mol. The predicted octanol–water partition coefficient (Wildman–Crippen LogP) is 2.91. The number of carbonyl (C=O) groups is 2. The Bertz CT molecular complexity index is 1500. The first-order valence-electron chi connectivity index (χ1n) is 14.6. The van der Waals surface area contributed by atoms with Gasteiger partial charge in [0.2, 0.25) is 11.8 Å². The molecule has 5 rings (SSSR count). The fourth-order valence-corrected chi connectivity index (χ4v) is 6.51. The van der Waals surface area contributed by atoms with Crippen molar-refractivity contribution in [3.05, 3.63) is 59.3 Å². The summed E-state index contributed by atoms with van der Waals surface area (Å²) in [4.78, 5) is 37.8. The number of benzene rings is 1. The number of alkyl halides is 3. The smallest absolute Gasteiger partial charge is 0.368 e. The van der Waals surface area contributed by atoms with Gasteiger partial charge in [-0.15, -0.1) is 0 Å². The van der Waals surface area contributed by atoms with Crippen molar-refractivity contribution < 1.29 is 22.8 Å². The number of hydrogen-bond acceptors (Lipinski definition) is 8. The minimum Gasteiger partial charge on any atom is -0.368 e. The number of likely N-dealkylation sites (tertiary alicyclic amines) is 1. The zero-order chi connectivity index (χ0) is 31.8. The first kappa shape index (κ1) is 31.3. The molecule has 2 aromatic rings. The first-order valence-corrected chi connectivity index (χ1v) is 14.6. The Kier molecular flexibility index (Phi) is 8.59. The van der Waals surface area contributed by atoms with Crippen molar-refractivity contribution in [2.45, 2.75) is 38.0 Å². The molecule has 2 saturated heterocycles. The van der Waals surface area contributed by atoms with Crippen molar-refractivity contribution in [1.82, 2.24) is 20.1 Å². The van der Waals surface area contributed by atoms with E-state index < -0.39 is 23.3 Å². The van der Waals surface area contributed by atoms with Gasteiger partial charge in [-0.3, -0.25) is 14.5 Å². The number of halogens is 3. The molecule has 3 aliphatic heterocycles. The molecule has 4 heterocycles. The molecule has 2 N–H and O–H groups in total. The number of nitriles is 1. The zero-order valence-electron chi connectivity index (χ0n) is 25.2. The van der Waals surface area contributed by atoms with E-state index in [4.69, 9.17) is 0 Å². The largest absolute Gasteiger partial charge is 0.417 e. The number of anilines is 3. The molecule has 10 nitrogen and oxygen atoms in total. The highest BCUT2D eigenvalue weighted by atomic mass is 19.4. The molecule has 0 saturated carbocycles. The molecule has 0 aliphatic carbocycles. The van der Waals surface area contributed by atoms with Gasteiger partial charge in [-0.25, -0.2) is 4.98 Å². The summed E-state index contributed by atoms with van der Waals surface area (Å²) in [5, 5.41) is 16.1. The van der Waals surface area contributed by atoms with E-state index in [-0.39, 0.29) is 35.3 Å². The molecule has 1 aromatic heterocycles. The van der Waals surface area contributed by atoms with Crippen LogP contribution in [-0.4, -0.2) is 97.6 Å². The summed E-state index contributed by atoms with van der Waals surface area (Å²) in [6, 6.07) is 7.30. The number of piperazine rings is 1. The molecular formula is C31H37F3N8O2. The molecule has 44 heavy (non-hydrogen) atoms.